The summed E-state index contributed by atoms with van der Waals surface area (Å²) in [6.07, 6.45) is 0. The average Bonchev–Trinajstić information content (AvgIpc) is 2.37. The first-order chi connectivity index (χ1) is 9.06. The number of halogens is 1. The molecular formula is C13H19ClN2O3. The normalized spacial score (nSPS) is 12.0. The minimum atomic E-state index is -0.602. The van der Waals surface area contributed by atoms with Crippen LogP contribution in [0.5, 0.6) is 5.75 Å². The Kier molecular flexibility index (Phi) is 6.62. The van der Waals surface area contributed by atoms with E-state index in [9.17, 15) is 4.79 Å². The van der Waals surface area contributed by atoms with Gasteiger partial charge >= 0.3 is 0 Å². The van der Waals surface area contributed by atoms with Crippen molar-refractivity contribution in [1.82, 2.24) is 0 Å². The van der Waals surface area contributed by atoms with Crippen molar-refractivity contribution in [3.63, 3.8) is 0 Å². The van der Waals surface area contributed by atoms with E-state index in [4.69, 9.17) is 26.8 Å². The molecule has 0 spiro atoms. The molecule has 0 saturated carbocycles. The number of nitrogens with one attached hydrogen (secondary N) is 1. The van der Waals surface area contributed by atoms with Crippen LogP contribution in [0.25, 0.3) is 0 Å². The van der Waals surface area contributed by atoms with Crippen molar-refractivity contribution in [3.8, 4) is 5.75 Å². The fraction of sp³-hybridized carbons (Fsp3) is 0.462. The highest BCUT2D eigenvalue weighted by molar-refractivity contribution is 6.32. The Morgan fingerprint density at radius 3 is 2.84 bits per heavy atom. The molecule has 0 aliphatic carbocycles. The minimum absolute atomic E-state index is 0.295. The van der Waals surface area contributed by atoms with Crippen LogP contribution in [0.2, 0.25) is 5.02 Å². The summed E-state index contributed by atoms with van der Waals surface area (Å²) in [7, 11) is 0. The second kappa shape index (κ2) is 7.99. The number of anilines is 1. The van der Waals surface area contributed by atoms with Crippen LogP contribution >= 0.6 is 11.6 Å². The molecule has 3 N–H and O–H groups in total. The number of amides is 1. The van der Waals surface area contributed by atoms with E-state index < -0.39 is 6.04 Å². The van der Waals surface area contributed by atoms with Crippen LogP contribution < -0.4 is 15.8 Å². The van der Waals surface area contributed by atoms with Crippen molar-refractivity contribution in [2.24, 2.45) is 5.73 Å². The summed E-state index contributed by atoms with van der Waals surface area (Å²) >= 11 is 6.06. The summed E-state index contributed by atoms with van der Waals surface area (Å²) in [5, 5.41) is 3.11. The van der Waals surface area contributed by atoms with Gasteiger partial charge in [-0.3, -0.25) is 4.79 Å². The molecule has 106 valence electrons. The van der Waals surface area contributed by atoms with Gasteiger partial charge in [-0.05, 0) is 26.0 Å². The summed E-state index contributed by atoms with van der Waals surface area (Å²) in [5.74, 6) is 0.134. The highest BCUT2D eigenvalue weighted by Crippen LogP contribution is 2.32. The lowest BCUT2D eigenvalue weighted by atomic mass is 10.2. The van der Waals surface area contributed by atoms with E-state index in [0.717, 1.165) is 0 Å². The third-order valence-corrected chi connectivity index (χ3v) is 2.61. The van der Waals surface area contributed by atoms with E-state index in [0.29, 0.717) is 36.3 Å². The summed E-state index contributed by atoms with van der Waals surface area (Å²) < 4.78 is 10.7. The Morgan fingerprint density at radius 2 is 2.21 bits per heavy atom. The SMILES string of the molecule is CCOCCOc1c(Cl)cccc1NC(=O)[C@H](C)N. The maximum Gasteiger partial charge on any atom is 0.241 e. The Morgan fingerprint density at radius 1 is 1.47 bits per heavy atom. The largest absolute Gasteiger partial charge is 0.487 e. The van der Waals surface area contributed by atoms with Crippen molar-refractivity contribution < 1.29 is 14.3 Å². The second-order valence-corrected chi connectivity index (χ2v) is 4.35. The zero-order chi connectivity index (χ0) is 14.3. The van der Waals surface area contributed by atoms with Crippen molar-refractivity contribution in [2.75, 3.05) is 25.1 Å². The van der Waals surface area contributed by atoms with Gasteiger partial charge in [0.05, 0.1) is 23.4 Å². The Hall–Kier alpha value is -1.30. The Labute approximate surface area is 118 Å². The lowest BCUT2D eigenvalue weighted by molar-refractivity contribution is -0.117. The summed E-state index contributed by atoms with van der Waals surface area (Å²) in [6.45, 7) is 4.96. The average molecular weight is 287 g/mol. The Bertz CT molecular complexity index is 424. The van der Waals surface area contributed by atoms with Crippen molar-refractivity contribution in [2.45, 2.75) is 19.9 Å². The standard InChI is InChI=1S/C13H19ClN2O3/c1-3-18-7-8-19-12-10(14)5-4-6-11(12)16-13(17)9(2)15/h4-6,9H,3,7-8,15H2,1-2H3,(H,16,17)/t9-/m0/s1. The molecule has 0 fully saturated rings. The quantitative estimate of drug-likeness (QED) is 0.752. The number of para-hydroxylation sites is 1. The topological polar surface area (TPSA) is 73.6 Å². The predicted molar refractivity (Wildman–Crippen MR) is 75.7 cm³/mol. The molecule has 1 atom stereocenters. The van der Waals surface area contributed by atoms with Crippen LogP contribution in [0.4, 0.5) is 5.69 Å². The summed E-state index contributed by atoms with van der Waals surface area (Å²) in [5.41, 5.74) is 6.01. The molecular weight excluding hydrogens is 268 g/mol. The first kappa shape index (κ1) is 15.8. The number of nitrogens with two attached hydrogens (primary N) is 1. The van der Waals surface area contributed by atoms with E-state index in [1.807, 2.05) is 6.92 Å². The number of carbonyl (C=O) groups is 1. The molecule has 0 heterocycles. The van der Waals surface area contributed by atoms with E-state index in [-0.39, 0.29) is 5.91 Å². The molecule has 0 aliphatic rings. The van der Waals surface area contributed by atoms with Crippen LogP contribution in [0.1, 0.15) is 13.8 Å². The molecule has 19 heavy (non-hydrogen) atoms. The van der Waals surface area contributed by atoms with Gasteiger partial charge in [0.15, 0.2) is 5.75 Å². The van der Waals surface area contributed by atoms with E-state index in [1.54, 1.807) is 25.1 Å². The number of rotatable bonds is 7. The maximum absolute atomic E-state index is 11.6. The van der Waals surface area contributed by atoms with E-state index >= 15 is 0 Å². The fourth-order valence-electron chi connectivity index (χ4n) is 1.35. The van der Waals surface area contributed by atoms with Crippen LogP contribution in [-0.4, -0.2) is 31.8 Å². The summed E-state index contributed by atoms with van der Waals surface area (Å²) in [6, 6.07) is 4.53. The first-order valence-corrected chi connectivity index (χ1v) is 6.49. The zero-order valence-electron chi connectivity index (χ0n) is 11.1. The van der Waals surface area contributed by atoms with Crippen molar-refractivity contribution in [1.29, 1.82) is 0 Å². The zero-order valence-corrected chi connectivity index (χ0v) is 11.9. The lowest BCUT2D eigenvalue weighted by Gasteiger charge is -2.15. The van der Waals surface area contributed by atoms with Crippen LogP contribution in [0.15, 0.2) is 18.2 Å². The molecule has 1 amide bonds. The first-order valence-electron chi connectivity index (χ1n) is 6.11. The van der Waals surface area contributed by atoms with Crippen LogP contribution in [0.3, 0.4) is 0 Å². The molecule has 0 unspecified atom stereocenters. The van der Waals surface area contributed by atoms with Gasteiger partial charge in [0.25, 0.3) is 0 Å². The van der Waals surface area contributed by atoms with Gasteiger partial charge in [-0.25, -0.2) is 0 Å². The molecule has 0 radical (unpaired) electrons. The predicted octanol–water partition coefficient (Wildman–Crippen LogP) is 2.04. The molecule has 5 nitrogen and oxygen atoms in total. The fourth-order valence-corrected chi connectivity index (χ4v) is 1.58. The third kappa shape index (κ3) is 5.06. The molecule has 0 aliphatic heterocycles. The van der Waals surface area contributed by atoms with Gasteiger partial charge in [-0.15, -0.1) is 0 Å². The van der Waals surface area contributed by atoms with E-state index in [1.165, 1.54) is 0 Å². The van der Waals surface area contributed by atoms with Gasteiger partial charge in [0.2, 0.25) is 5.91 Å². The van der Waals surface area contributed by atoms with Gasteiger partial charge < -0.3 is 20.5 Å². The molecule has 0 aromatic heterocycles. The van der Waals surface area contributed by atoms with Gasteiger partial charge in [0.1, 0.15) is 6.61 Å². The molecule has 6 heteroatoms. The molecule has 1 aromatic carbocycles. The number of benzene rings is 1. The second-order valence-electron chi connectivity index (χ2n) is 3.94. The van der Waals surface area contributed by atoms with Gasteiger partial charge in [0, 0.05) is 6.61 Å². The molecule has 1 aromatic rings. The minimum Gasteiger partial charge on any atom is -0.487 e. The molecule has 0 bridgehead atoms. The van der Waals surface area contributed by atoms with Crippen molar-refractivity contribution in [3.05, 3.63) is 23.2 Å². The van der Waals surface area contributed by atoms with Crippen LogP contribution in [0, 0.1) is 0 Å². The number of ether oxygens (including phenoxy) is 2. The van der Waals surface area contributed by atoms with Gasteiger partial charge in [-0.2, -0.15) is 0 Å². The maximum atomic E-state index is 11.6. The monoisotopic (exact) mass is 286 g/mol. The number of hydrogen-bond donors (Lipinski definition) is 2. The smallest absolute Gasteiger partial charge is 0.241 e. The number of hydrogen-bond acceptors (Lipinski definition) is 4. The molecule has 1 rings (SSSR count). The van der Waals surface area contributed by atoms with E-state index in [2.05, 4.69) is 5.32 Å². The highest BCUT2D eigenvalue weighted by atomic mass is 35.5. The van der Waals surface area contributed by atoms with Crippen molar-refractivity contribution >= 4 is 23.2 Å². The third-order valence-electron chi connectivity index (χ3n) is 2.32. The Balaban J connectivity index is 2.74. The lowest BCUT2D eigenvalue weighted by Crippen LogP contribution is -2.32. The highest BCUT2D eigenvalue weighted by Gasteiger charge is 2.13. The number of carbonyl (C=O) groups excluding carboxylic acids is 1. The summed E-state index contributed by atoms with van der Waals surface area (Å²) in [4.78, 5) is 11.6. The molecule has 0 saturated heterocycles. The van der Waals surface area contributed by atoms with Crippen LogP contribution in [-0.2, 0) is 9.53 Å². The van der Waals surface area contributed by atoms with Gasteiger partial charge in [-0.1, -0.05) is 17.7 Å².